The summed E-state index contributed by atoms with van der Waals surface area (Å²) in [5.41, 5.74) is -0.295. The third-order valence-electron chi connectivity index (χ3n) is 5.25. The topological polar surface area (TPSA) is 87.3 Å². The van der Waals surface area contributed by atoms with Crippen LogP contribution in [0.1, 0.15) is 25.7 Å². The van der Waals surface area contributed by atoms with Gasteiger partial charge < -0.3 is 10.6 Å². The van der Waals surface area contributed by atoms with E-state index in [0.29, 0.717) is 12.5 Å². The fraction of sp³-hybridized carbons (Fsp3) is 0.588. The van der Waals surface area contributed by atoms with E-state index in [1.807, 2.05) is 0 Å². The van der Waals surface area contributed by atoms with E-state index in [4.69, 9.17) is 0 Å². The molecule has 2 atom stereocenters. The van der Waals surface area contributed by atoms with Crippen LogP contribution in [0.15, 0.2) is 35.2 Å². The highest BCUT2D eigenvalue weighted by molar-refractivity contribution is 7.89. The predicted molar refractivity (Wildman–Crippen MR) is 91.9 cm³/mol. The lowest BCUT2D eigenvalue weighted by molar-refractivity contribution is -0.133. The Labute approximate surface area is 143 Å². The zero-order chi connectivity index (χ0) is 17.0. The molecule has 0 aromatic heterocycles. The van der Waals surface area contributed by atoms with Gasteiger partial charge in [0.1, 0.15) is 0 Å². The van der Waals surface area contributed by atoms with Gasteiger partial charge in [0.25, 0.3) is 0 Å². The molecule has 0 spiro atoms. The molecule has 3 N–H and O–H groups in total. The second-order valence-electron chi connectivity index (χ2n) is 6.70. The van der Waals surface area contributed by atoms with Gasteiger partial charge in [0.2, 0.25) is 15.9 Å². The molecule has 0 unspecified atom stereocenters. The quantitative estimate of drug-likeness (QED) is 0.664. The molecule has 7 heteroatoms. The molecule has 3 rings (SSSR count). The molecule has 1 heterocycles. The van der Waals surface area contributed by atoms with E-state index in [2.05, 4.69) is 15.4 Å². The number of amides is 1. The molecule has 1 aliphatic heterocycles. The van der Waals surface area contributed by atoms with E-state index in [-0.39, 0.29) is 22.8 Å². The Balaban J connectivity index is 1.51. The third-order valence-corrected chi connectivity index (χ3v) is 6.72. The van der Waals surface area contributed by atoms with Crippen molar-refractivity contribution < 1.29 is 13.2 Å². The normalized spacial score (nSPS) is 26.8. The van der Waals surface area contributed by atoms with Crippen LogP contribution in [0.4, 0.5) is 0 Å². The van der Waals surface area contributed by atoms with Crippen molar-refractivity contribution in [1.29, 1.82) is 0 Å². The van der Waals surface area contributed by atoms with Crippen LogP contribution in [0, 0.1) is 11.3 Å². The van der Waals surface area contributed by atoms with Gasteiger partial charge in [-0.3, -0.25) is 4.79 Å². The highest BCUT2D eigenvalue weighted by Crippen LogP contribution is 2.43. The first kappa shape index (κ1) is 17.4. The van der Waals surface area contributed by atoms with Gasteiger partial charge in [-0.1, -0.05) is 31.0 Å². The summed E-state index contributed by atoms with van der Waals surface area (Å²) in [5.74, 6) is 0.475. The van der Waals surface area contributed by atoms with Crippen LogP contribution in [0.5, 0.6) is 0 Å². The van der Waals surface area contributed by atoms with E-state index in [0.717, 1.165) is 32.4 Å². The average molecular weight is 351 g/mol. The second kappa shape index (κ2) is 7.21. The Hall–Kier alpha value is -1.44. The van der Waals surface area contributed by atoms with Gasteiger partial charge in [0.05, 0.1) is 10.3 Å². The van der Waals surface area contributed by atoms with Gasteiger partial charge in [-0.05, 0) is 37.4 Å². The van der Waals surface area contributed by atoms with E-state index >= 15 is 0 Å². The maximum absolute atomic E-state index is 12.7. The lowest BCUT2D eigenvalue weighted by Gasteiger charge is -2.37. The summed E-state index contributed by atoms with van der Waals surface area (Å²) in [7, 11) is -3.52. The molecular formula is C17H25N3O3S. The van der Waals surface area contributed by atoms with Gasteiger partial charge in [-0.25, -0.2) is 13.1 Å². The monoisotopic (exact) mass is 351 g/mol. The minimum Gasteiger partial charge on any atom is -0.354 e. The maximum atomic E-state index is 12.7. The highest BCUT2D eigenvalue weighted by Gasteiger charge is 2.49. The van der Waals surface area contributed by atoms with Gasteiger partial charge in [0, 0.05) is 19.6 Å². The number of rotatable bonds is 6. The summed E-state index contributed by atoms with van der Waals surface area (Å²) in [6, 6.07) is 8.25. The third kappa shape index (κ3) is 3.48. The molecule has 2 fully saturated rings. The van der Waals surface area contributed by atoms with Crippen LogP contribution in [0.2, 0.25) is 0 Å². The van der Waals surface area contributed by atoms with Crippen molar-refractivity contribution in [3.63, 3.8) is 0 Å². The first-order valence-electron chi connectivity index (χ1n) is 8.58. The summed E-state index contributed by atoms with van der Waals surface area (Å²) < 4.78 is 26.8. The Morgan fingerprint density at radius 1 is 1.21 bits per heavy atom. The molecule has 1 amide bonds. The van der Waals surface area contributed by atoms with Gasteiger partial charge in [-0.2, -0.15) is 0 Å². The lowest BCUT2D eigenvalue weighted by Crippen LogP contribution is -2.49. The van der Waals surface area contributed by atoms with Crippen LogP contribution in [-0.2, 0) is 14.8 Å². The molecule has 0 radical (unpaired) electrons. The number of nitrogens with one attached hydrogen (secondary N) is 3. The first-order chi connectivity index (χ1) is 11.5. The maximum Gasteiger partial charge on any atom is 0.240 e. The first-order valence-corrected chi connectivity index (χ1v) is 10.1. The Kier molecular flexibility index (Phi) is 5.22. The summed E-state index contributed by atoms with van der Waals surface area (Å²) in [6.07, 6.45) is 4.30. The predicted octanol–water partition coefficient (Wildman–Crippen LogP) is 0.861. The molecule has 1 aliphatic carbocycles. The van der Waals surface area contributed by atoms with Crippen LogP contribution >= 0.6 is 0 Å². The Morgan fingerprint density at radius 3 is 2.79 bits per heavy atom. The number of hydrogen-bond acceptors (Lipinski definition) is 4. The zero-order valence-electron chi connectivity index (χ0n) is 13.8. The average Bonchev–Trinajstić information content (AvgIpc) is 3.04. The van der Waals surface area contributed by atoms with Crippen molar-refractivity contribution >= 4 is 15.9 Å². The largest absolute Gasteiger partial charge is 0.354 e. The molecular weight excluding hydrogens is 326 g/mol. The van der Waals surface area contributed by atoms with Crippen molar-refractivity contribution in [1.82, 2.24) is 15.4 Å². The van der Waals surface area contributed by atoms with E-state index < -0.39 is 10.0 Å². The van der Waals surface area contributed by atoms with Crippen molar-refractivity contribution in [2.75, 3.05) is 26.2 Å². The molecule has 2 aliphatic rings. The molecule has 1 aromatic rings. The molecule has 1 saturated heterocycles. The van der Waals surface area contributed by atoms with E-state index in [1.165, 1.54) is 6.42 Å². The summed E-state index contributed by atoms with van der Waals surface area (Å²) in [5, 5.41) is 6.28. The standard InChI is InChI=1S/C17H25N3O3S/c21-16(17-9-5-4-6-14(17)12-18-13-17)19-10-11-20-24(22,23)15-7-2-1-3-8-15/h1-3,7-8,14,18,20H,4-6,9-13H2,(H,19,21)/t14-,17+/m0/s1. The summed E-state index contributed by atoms with van der Waals surface area (Å²) >= 11 is 0. The van der Waals surface area contributed by atoms with Crippen molar-refractivity contribution in [3.05, 3.63) is 30.3 Å². The fourth-order valence-electron chi connectivity index (χ4n) is 3.91. The SMILES string of the molecule is O=C(NCCNS(=O)(=O)c1ccccc1)[C@@]12CCCC[C@H]1CNC2. The van der Waals surface area contributed by atoms with E-state index in [1.54, 1.807) is 30.3 Å². The number of carbonyl (C=O) groups is 1. The van der Waals surface area contributed by atoms with Gasteiger partial charge >= 0.3 is 0 Å². The smallest absolute Gasteiger partial charge is 0.240 e. The van der Waals surface area contributed by atoms with Gasteiger partial charge in [0.15, 0.2) is 0 Å². The Morgan fingerprint density at radius 2 is 2.00 bits per heavy atom. The number of fused-ring (bicyclic) bond motifs is 1. The van der Waals surface area contributed by atoms with Crippen LogP contribution in [-0.4, -0.2) is 40.5 Å². The van der Waals surface area contributed by atoms with Crippen LogP contribution < -0.4 is 15.4 Å². The molecule has 1 saturated carbocycles. The fourth-order valence-corrected chi connectivity index (χ4v) is 4.96. The second-order valence-corrected chi connectivity index (χ2v) is 8.46. The minimum atomic E-state index is -3.52. The lowest BCUT2D eigenvalue weighted by atomic mass is 9.67. The van der Waals surface area contributed by atoms with Gasteiger partial charge in [-0.15, -0.1) is 0 Å². The molecule has 6 nitrogen and oxygen atoms in total. The number of benzene rings is 1. The molecule has 132 valence electrons. The highest BCUT2D eigenvalue weighted by atomic mass is 32.2. The molecule has 24 heavy (non-hydrogen) atoms. The van der Waals surface area contributed by atoms with Crippen molar-refractivity contribution in [2.45, 2.75) is 30.6 Å². The van der Waals surface area contributed by atoms with Crippen molar-refractivity contribution in [3.8, 4) is 0 Å². The number of sulfonamides is 1. The molecule has 1 aromatic carbocycles. The van der Waals surface area contributed by atoms with Crippen molar-refractivity contribution in [2.24, 2.45) is 11.3 Å². The molecule has 0 bridgehead atoms. The van der Waals surface area contributed by atoms with E-state index in [9.17, 15) is 13.2 Å². The Bertz CT molecular complexity index is 678. The summed E-state index contributed by atoms with van der Waals surface area (Å²) in [4.78, 5) is 12.9. The number of hydrogen-bond donors (Lipinski definition) is 3. The number of carbonyl (C=O) groups excluding carboxylic acids is 1. The summed E-state index contributed by atoms with van der Waals surface area (Å²) in [6.45, 7) is 2.14. The minimum absolute atomic E-state index is 0.0658. The van der Waals surface area contributed by atoms with Crippen LogP contribution in [0.3, 0.4) is 0 Å². The zero-order valence-corrected chi connectivity index (χ0v) is 14.6. The van der Waals surface area contributed by atoms with Crippen LogP contribution in [0.25, 0.3) is 0 Å².